The molecule has 0 aliphatic heterocycles. The predicted octanol–water partition coefficient (Wildman–Crippen LogP) is 2.78. The molecule has 2 N–H and O–H groups in total. The number of rotatable bonds is 7. The number of aromatic nitrogens is 3. The van der Waals surface area contributed by atoms with Crippen LogP contribution in [0.25, 0.3) is 5.69 Å². The number of hydrogen-bond acceptors (Lipinski definition) is 4. The van der Waals surface area contributed by atoms with Gasteiger partial charge in [-0.3, -0.25) is 14.6 Å². The molecule has 7 heteroatoms. The molecule has 3 aromatic rings. The minimum absolute atomic E-state index is 0.119. The van der Waals surface area contributed by atoms with Crippen LogP contribution < -0.4 is 10.6 Å². The number of carbonyl (C=O) groups excluding carboxylic acids is 2. The molecule has 0 saturated heterocycles. The Morgan fingerprint density at radius 3 is 2.66 bits per heavy atom. The van der Waals surface area contributed by atoms with E-state index >= 15 is 0 Å². The van der Waals surface area contributed by atoms with Crippen LogP contribution in [0, 0.1) is 5.92 Å². The maximum atomic E-state index is 12.5. The van der Waals surface area contributed by atoms with E-state index in [1.807, 2.05) is 37.4 Å². The normalized spacial score (nSPS) is 14.2. The highest BCUT2D eigenvalue weighted by atomic mass is 16.2. The van der Waals surface area contributed by atoms with Crippen molar-refractivity contribution in [1.82, 2.24) is 25.4 Å². The zero-order chi connectivity index (χ0) is 20.2. The molecule has 7 nitrogen and oxygen atoms in total. The number of nitrogens with one attached hydrogen (secondary N) is 2. The first-order valence-corrected chi connectivity index (χ1v) is 9.72. The van der Waals surface area contributed by atoms with E-state index in [4.69, 9.17) is 0 Å². The minimum Gasteiger partial charge on any atom is -0.352 e. The van der Waals surface area contributed by atoms with Crippen molar-refractivity contribution in [2.45, 2.75) is 32.4 Å². The summed E-state index contributed by atoms with van der Waals surface area (Å²) in [7, 11) is 0. The number of amides is 2. The van der Waals surface area contributed by atoms with Crippen LogP contribution in [-0.4, -0.2) is 26.6 Å². The molecule has 1 aliphatic carbocycles. The maximum absolute atomic E-state index is 12.5. The average molecular weight is 389 g/mol. The van der Waals surface area contributed by atoms with Crippen molar-refractivity contribution in [3.05, 3.63) is 77.9 Å². The maximum Gasteiger partial charge on any atom is 0.251 e. The molecular formula is C22H23N5O2. The Labute approximate surface area is 169 Å². The van der Waals surface area contributed by atoms with Gasteiger partial charge in [0.15, 0.2) is 0 Å². The van der Waals surface area contributed by atoms with Crippen molar-refractivity contribution in [2.24, 2.45) is 5.92 Å². The number of hydrogen-bond donors (Lipinski definition) is 2. The quantitative estimate of drug-likeness (QED) is 0.650. The van der Waals surface area contributed by atoms with Crippen LogP contribution in [0.4, 0.5) is 0 Å². The van der Waals surface area contributed by atoms with Crippen LogP contribution in [0.5, 0.6) is 0 Å². The molecule has 1 aliphatic rings. The molecule has 1 saturated carbocycles. The third-order valence-corrected chi connectivity index (χ3v) is 4.98. The monoisotopic (exact) mass is 389 g/mol. The van der Waals surface area contributed by atoms with E-state index < -0.39 is 0 Å². The molecule has 1 aromatic carbocycles. The molecule has 0 spiro atoms. The lowest BCUT2D eigenvalue weighted by atomic mass is 10.1. The fraction of sp³-hybridized carbons (Fsp3) is 0.273. The van der Waals surface area contributed by atoms with Crippen LogP contribution in [0.3, 0.4) is 0 Å². The Hall–Kier alpha value is -3.48. The summed E-state index contributed by atoms with van der Waals surface area (Å²) in [5, 5.41) is 10.3. The van der Waals surface area contributed by atoms with E-state index in [2.05, 4.69) is 20.7 Å². The summed E-state index contributed by atoms with van der Waals surface area (Å²) in [6.45, 7) is 2.40. The van der Waals surface area contributed by atoms with Gasteiger partial charge in [0.2, 0.25) is 5.91 Å². The molecule has 4 rings (SSSR count). The van der Waals surface area contributed by atoms with Crippen molar-refractivity contribution in [3.63, 3.8) is 0 Å². The summed E-state index contributed by atoms with van der Waals surface area (Å²) >= 11 is 0. The van der Waals surface area contributed by atoms with Gasteiger partial charge in [-0.05, 0) is 55.7 Å². The van der Waals surface area contributed by atoms with Gasteiger partial charge >= 0.3 is 0 Å². The van der Waals surface area contributed by atoms with Crippen molar-refractivity contribution >= 4 is 11.8 Å². The minimum atomic E-state index is -0.142. The Balaban J connectivity index is 1.36. The third kappa shape index (κ3) is 4.68. The van der Waals surface area contributed by atoms with E-state index in [-0.39, 0.29) is 23.8 Å². The van der Waals surface area contributed by atoms with Crippen molar-refractivity contribution < 1.29 is 9.59 Å². The second kappa shape index (κ2) is 8.26. The second-order valence-corrected chi connectivity index (χ2v) is 7.31. The van der Waals surface area contributed by atoms with E-state index in [1.165, 1.54) is 0 Å². The Bertz CT molecular complexity index is 994. The van der Waals surface area contributed by atoms with Gasteiger partial charge in [-0.2, -0.15) is 5.10 Å². The number of benzene rings is 1. The van der Waals surface area contributed by atoms with Crippen LogP contribution in [0.1, 0.15) is 47.3 Å². The first kappa shape index (κ1) is 18.9. The predicted molar refractivity (Wildman–Crippen MR) is 108 cm³/mol. The van der Waals surface area contributed by atoms with E-state index in [1.54, 1.807) is 35.4 Å². The molecule has 1 atom stereocenters. The molecule has 2 heterocycles. The number of pyridine rings is 1. The Morgan fingerprint density at radius 2 is 1.97 bits per heavy atom. The summed E-state index contributed by atoms with van der Waals surface area (Å²) in [6.07, 6.45) is 9.06. The average Bonchev–Trinajstić information content (AvgIpc) is 3.50. The zero-order valence-corrected chi connectivity index (χ0v) is 16.2. The first-order chi connectivity index (χ1) is 14.1. The van der Waals surface area contributed by atoms with E-state index in [9.17, 15) is 9.59 Å². The standard InChI is InChI=1S/C22H23N5O2/c1-15(19-3-2-10-23-13-19)26-22(29)18-6-8-20(9-7-18)27-14-16(12-25-27)11-24-21(28)17-4-5-17/h2-3,6-10,12-15,17H,4-5,11H2,1H3,(H,24,28)(H,26,29)/t15-/m0/s1. The second-order valence-electron chi connectivity index (χ2n) is 7.31. The molecular weight excluding hydrogens is 366 g/mol. The van der Waals surface area contributed by atoms with Crippen LogP contribution in [-0.2, 0) is 11.3 Å². The van der Waals surface area contributed by atoms with Crippen LogP contribution in [0.2, 0.25) is 0 Å². The Kier molecular flexibility index (Phi) is 5.37. The molecule has 0 bridgehead atoms. The van der Waals surface area contributed by atoms with Gasteiger partial charge in [-0.25, -0.2) is 4.68 Å². The van der Waals surface area contributed by atoms with Gasteiger partial charge in [-0.1, -0.05) is 6.07 Å². The van der Waals surface area contributed by atoms with Crippen molar-refractivity contribution in [2.75, 3.05) is 0 Å². The number of carbonyl (C=O) groups is 2. The van der Waals surface area contributed by atoms with Crippen molar-refractivity contribution in [1.29, 1.82) is 0 Å². The summed E-state index contributed by atoms with van der Waals surface area (Å²) in [5.74, 6) is 0.176. The summed E-state index contributed by atoms with van der Waals surface area (Å²) in [6, 6.07) is 10.9. The topological polar surface area (TPSA) is 88.9 Å². The smallest absolute Gasteiger partial charge is 0.251 e. The zero-order valence-electron chi connectivity index (χ0n) is 16.2. The first-order valence-electron chi connectivity index (χ1n) is 9.72. The van der Waals surface area contributed by atoms with Gasteiger partial charge in [0, 0.05) is 42.2 Å². The van der Waals surface area contributed by atoms with Gasteiger partial charge in [0.25, 0.3) is 5.91 Å². The fourth-order valence-electron chi connectivity index (χ4n) is 3.03. The molecule has 29 heavy (non-hydrogen) atoms. The Morgan fingerprint density at radius 1 is 1.17 bits per heavy atom. The fourth-order valence-corrected chi connectivity index (χ4v) is 3.03. The lowest BCUT2D eigenvalue weighted by molar-refractivity contribution is -0.122. The lowest BCUT2D eigenvalue weighted by Gasteiger charge is -2.14. The van der Waals surface area contributed by atoms with Crippen molar-refractivity contribution in [3.8, 4) is 5.69 Å². The highest BCUT2D eigenvalue weighted by molar-refractivity contribution is 5.94. The molecule has 148 valence electrons. The number of nitrogens with zero attached hydrogens (tertiary/aromatic N) is 3. The van der Waals surface area contributed by atoms with Gasteiger partial charge in [0.1, 0.15) is 0 Å². The van der Waals surface area contributed by atoms with Gasteiger partial charge in [0.05, 0.1) is 17.9 Å². The largest absolute Gasteiger partial charge is 0.352 e. The molecule has 0 unspecified atom stereocenters. The molecule has 1 fully saturated rings. The molecule has 0 radical (unpaired) electrons. The molecule has 2 amide bonds. The summed E-state index contributed by atoms with van der Waals surface area (Å²) < 4.78 is 1.73. The van der Waals surface area contributed by atoms with Gasteiger partial charge < -0.3 is 10.6 Å². The van der Waals surface area contributed by atoms with Crippen LogP contribution >= 0.6 is 0 Å². The van der Waals surface area contributed by atoms with Crippen LogP contribution in [0.15, 0.2) is 61.2 Å². The third-order valence-electron chi connectivity index (χ3n) is 4.98. The summed E-state index contributed by atoms with van der Waals surface area (Å²) in [5.41, 5.74) is 3.32. The van der Waals surface area contributed by atoms with E-state index in [0.717, 1.165) is 29.7 Å². The highest BCUT2D eigenvalue weighted by Crippen LogP contribution is 2.28. The lowest BCUT2D eigenvalue weighted by Crippen LogP contribution is -2.26. The van der Waals surface area contributed by atoms with E-state index in [0.29, 0.717) is 12.1 Å². The SMILES string of the molecule is C[C@H](NC(=O)c1ccc(-n2cc(CNC(=O)C3CC3)cn2)cc1)c1cccnc1. The summed E-state index contributed by atoms with van der Waals surface area (Å²) in [4.78, 5) is 28.3. The molecule has 2 aromatic heterocycles. The van der Waals surface area contributed by atoms with Gasteiger partial charge in [-0.15, -0.1) is 0 Å². The highest BCUT2D eigenvalue weighted by Gasteiger charge is 2.29.